The van der Waals surface area contributed by atoms with Crippen LogP contribution in [0.1, 0.15) is 92.0 Å². The molecule has 6 heterocycles. The number of aromatic amines is 1. The maximum Gasteiger partial charge on any atom is 0.171 e. The second-order valence-corrected chi connectivity index (χ2v) is 24.9. The first-order valence-electron chi connectivity index (χ1n) is 19.9. The fourth-order valence-corrected chi connectivity index (χ4v) is 17.0. The van der Waals surface area contributed by atoms with Gasteiger partial charge < -0.3 is 19.4 Å². The van der Waals surface area contributed by atoms with Gasteiger partial charge in [0.15, 0.2) is 13.9 Å². The van der Waals surface area contributed by atoms with Gasteiger partial charge in [0.05, 0.1) is 55.0 Å². The van der Waals surface area contributed by atoms with Gasteiger partial charge in [-0.15, -0.1) is 0 Å². The van der Waals surface area contributed by atoms with Crippen molar-refractivity contribution in [3.63, 3.8) is 0 Å². The summed E-state index contributed by atoms with van der Waals surface area (Å²) in [5, 5.41) is 20.4. The number of aliphatic hydroxyl groups is 2. The smallest absolute Gasteiger partial charge is 0.171 e. The lowest BCUT2D eigenvalue weighted by Gasteiger charge is -2.44. The highest BCUT2D eigenvalue weighted by Gasteiger charge is 2.46. The van der Waals surface area contributed by atoms with Crippen molar-refractivity contribution in [1.29, 1.82) is 0 Å². The van der Waals surface area contributed by atoms with Crippen molar-refractivity contribution in [2.75, 3.05) is 0 Å². The Morgan fingerprint density at radius 2 is 1.07 bits per heavy atom. The normalized spacial score (nSPS) is 12.9. The molecular weight excluding hydrogens is 872 g/mol. The summed E-state index contributed by atoms with van der Waals surface area (Å²) in [4.78, 5) is 22.4. The second kappa shape index (κ2) is 15.2. The van der Waals surface area contributed by atoms with Gasteiger partial charge in [-0.1, -0.05) is 90.1 Å². The van der Waals surface area contributed by atoms with Crippen molar-refractivity contribution >= 4 is 73.5 Å². The largest absolute Gasteiger partial charge is 0.386 e. The third-order valence-electron chi connectivity index (χ3n) is 11.8. The monoisotopic (exact) mass is 924 g/mol. The topological polar surface area (TPSA) is 122 Å². The van der Waals surface area contributed by atoms with Crippen molar-refractivity contribution in [2.24, 2.45) is 0 Å². The Balaban J connectivity index is 0.000000187. The van der Waals surface area contributed by atoms with E-state index in [1.165, 1.54) is 0 Å². The highest BCUT2D eigenvalue weighted by Crippen LogP contribution is 2.46. The van der Waals surface area contributed by atoms with E-state index in [-0.39, 0.29) is 0 Å². The Morgan fingerprint density at radius 3 is 1.50 bits per heavy atom. The third-order valence-corrected chi connectivity index (χ3v) is 19.8. The van der Waals surface area contributed by atoms with Gasteiger partial charge in [-0.2, -0.15) is 0 Å². The number of hydrogen-bond donors (Lipinski definition) is 3. The van der Waals surface area contributed by atoms with E-state index in [1.54, 1.807) is 27.7 Å². The Morgan fingerprint density at radius 1 is 0.638 bits per heavy atom. The maximum atomic E-state index is 10.3. The Kier molecular flexibility index (Phi) is 11.0. The van der Waals surface area contributed by atoms with Gasteiger partial charge in [-0.05, 0) is 101 Å². The minimum atomic E-state index is -1.97. The zero-order valence-corrected chi connectivity index (χ0v) is 39.6. The van der Waals surface area contributed by atoms with Crippen molar-refractivity contribution in [3.05, 3.63) is 105 Å². The minimum absolute atomic E-state index is 0.571. The standard InChI is InChI=1S/C27H37BrN4OSi.C18H17BrN4O/c1-16(2)34(17(3)4,18(5)6)31-15-22(28)25-26(31)29-14-23-24(30-19(7)32(23)25)20-10-12-21(13-11-20)27(8,9)33;1-10-22-15(11-4-6-12(7-5-11)18(2,3)24)14-9-21-17-16(23(10)14)13(19)8-20-17/h10-18,33H,1-9H3;4-9,20,24H,1-3H3. The van der Waals surface area contributed by atoms with Crippen LogP contribution in [0, 0.1) is 13.8 Å². The Bertz CT molecular complexity index is 2760. The molecule has 0 amide bonds. The molecule has 58 heavy (non-hydrogen) atoms. The van der Waals surface area contributed by atoms with Crippen molar-refractivity contribution in [1.82, 2.24) is 38.0 Å². The van der Waals surface area contributed by atoms with Gasteiger partial charge in [0.25, 0.3) is 0 Å². The molecular formula is C45H54Br2N8O2Si. The SMILES string of the molecule is Cc1nc(-c2ccc(C(C)(C)O)cc2)c2cnc3[nH]cc(Br)c3n12.Cc1nc(-c2ccc(C(C)(C)O)cc2)c2cnc3c(c(Br)cn3[Si](C(C)C)(C(C)C)C(C)C)n12. The molecule has 0 aliphatic carbocycles. The van der Waals surface area contributed by atoms with Gasteiger partial charge in [0.2, 0.25) is 0 Å². The van der Waals surface area contributed by atoms with E-state index < -0.39 is 19.4 Å². The van der Waals surface area contributed by atoms with Crippen LogP contribution in [-0.4, -0.2) is 56.4 Å². The van der Waals surface area contributed by atoms with Gasteiger partial charge in [0.1, 0.15) is 28.3 Å². The summed E-state index contributed by atoms with van der Waals surface area (Å²) in [5.74, 6) is 1.84. The molecule has 3 N–H and O–H groups in total. The van der Waals surface area contributed by atoms with Gasteiger partial charge in [-0.25, -0.2) is 19.9 Å². The lowest BCUT2D eigenvalue weighted by molar-refractivity contribution is 0.0780. The molecule has 0 unspecified atom stereocenters. The summed E-state index contributed by atoms with van der Waals surface area (Å²) >= 11 is 7.47. The summed E-state index contributed by atoms with van der Waals surface area (Å²) in [6.07, 6.45) is 7.98. The number of rotatable bonds is 8. The number of halogens is 2. The van der Waals surface area contributed by atoms with Crippen molar-refractivity contribution in [3.8, 4) is 22.5 Å². The average molecular weight is 927 g/mol. The van der Waals surface area contributed by atoms with Crippen LogP contribution in [-0.2, 0) is 11.2 Å². The van der Waals surface area contributed by atoms with E-state index in [9.17, 15) is 10.2 Å². The quantitative estimate of drug-likeness (QED) is 0.131. The first kappa shape index (κ1) is 42.0. The number of aryl methyl sites for hydroxylation is 2. The van der Waals surface area contributed by atoms with Crippen LogP contribution >= 0.6 is 31.9 Å². The molecule has 2 aromatic carbocycles. The molecule has 13 heteroatoms. The van der Waals surface area contributed by atoms with Crippen LogP contribution < -0.4 is 0 Å². The summed E-state index contributed by atoms with van der Waals surface area (Å²) in [6, 6.07) is 15.9. The van der Waals surface area contributed by atoms with Crippen molar-refractivity contribution < 1.29 is 10.2 Å². The number of aromatic nitrogens is 8. The molecule has 0 aliphatic heterocycles. The molecule has 0 saturated heterocycles. The fourth-order valence-electron chi connectivity index (χ4n) is 9.25. The zero-order valence-electron chi connectivity index (χ0n) is 35.4. The van der Waals surface area contributed by atoms with E-state index in [1.807, 2.05) is 74.0 Å². The van der Waals surface area contributed by atoms with Crippen molar-refractivity contribution in [2.45, 2.75) is 111 Å². The third kappa shape index (κ3) is 6.96. The highest BCUT2D eigenvalue weighted by molar-refractivity contribution is 9.11. The zero-order chi connectivity index (χ0) is 42.2. The summed E-state index contributed by atoms with van der Waals surface area (Å²) < 4.78 is 8.90. The first-order chi connectivity index (χ1) is 27.2. The lowest BCUT2D eigenvalue weighted by Crippen LogP contribution is -2.51. The molecule has 8 rings (SSSR count). The van der Waals surface area contributed by atoms with E-state index >= 15 is 0 Å². The average Bonchev–Trinajstić information content (AvgIpc) is 3.89. The van der Waals surface area contributed by atoms with Crippen LogP contribution in [0.2, 0.25) is 16.6 Å². The molecule has 0 bridgehead atoms. The number of imidazole rings is 2. The Labute approximate surface area is 358 Å². The van der Waals surface area contributed by atoms with E-state index in [0.29, 0.717) is 16.6 Å². The van der Waals surface area contributed by atoms with E-state index in [0.717, 1.165) is 87.6 Å². The van der Waals surface area contributed by atoms with Crippen LogP contribution in [0.5, 0.6) is 0 Å². The molecule has 304 valence electrons. The summed E-state index contributed by atoms with van der Waals surface area (Å²) in [5.41, 5.74) is 11.4. The summed E-state index contributed by atoms with van der Waals surface area (Å²) in [7, 11) is -1.97. The van der Waals surface area contributed by atoms with Gasteiger partial charge in [-0.3, -0.25) is 8.80 Å². The molecule has 0 spiro atoms. The van der Waals surface area contributed by atoms with Crippen LogP contribution in [0.15, 0.2) is 82.3 Å². The lowest BCUT2D eigenvalue weighted by atomic mass is 9.97. The molecule has 8 aromatic rings. The number of benzene rings is 2. The summed E-state index contributed by atoms with van der Waals surface area (Å²) in [6.45, 7) is 25.5. The number of hydrogen-bond acceptors (Lipinski definition) is 6. The predicted octanol–water partition coefficient (Wildman–Crippen LogP) is 11.8. The van der Waals surface area contributed by atoms with Crippen LogP contribution in [0.25, 0.3) is 55.9 Å². The number of nitrogens with zero attached hydrogens (tertiary/aromatic N) is 7. The molecule has 0 saturated carbocycles. The molecule has 0 atom stereocenters. The second-order valence-electron chi connectivity index (χ2n) is 17.5. The fraction of sp³-hybridized carbons (Fsp3) is 0.378. The van der Waals surface area contributed by atoms with E-state index in [4.69, 9.17) is 15.0 Å². The number of H-pyrrole nitrogens is 1. The van der Waals surface area contributed by atoms with Crippen LogP contribution in [0.4, 0.5) is 0 Å². The van der Waals surface area contributed by atoms with E-state index in [2.05, 4.69) is 110 Å². The van der Waals surface area contributed by atoms with Gasteiger partial charge >= 0.3 is 0 Å². The first-order valence-corrected chi connectivity index (χ1v) is 23.7. The molecule has 0 aliphatic rings. The highest BCUT2D eigenvalue weighted by atomic mass is 79.9. The maximum absolute atomic E-state index is 10.3. The van der Waals surface area contributed by atoms with Gasteiger partial charge in [0, 0.05) is 23.5 Å². The molecule has 10 nitrogen and oxygen atoms in total. The van der Waals surface area contributed by atoms with Crippen LogP contribution in [0.3, 0.4) is 0 Å². The molecule has 6 aromatic heterocycles. The predicted molar refractivity (Wildman–Crippen MR) is 246 cm³/mol. The Hall–Kier alpha value is -4.14. The number of nitrogens with one attached hydrogen (secondary N) is 1. The molecule has 0 fully saturated rings. The minimum Gasteiger partial charge on any atom is -0.386 e. The number of fused-ring (bicyclic) bond motifs is 6. The molecule has 0 radical (unpaired) electrons.